The lowest BCUT2D eigenvalue weighted by atomic mass is 10.1. The third-order valence-corrected chi connectivity index (χ3v) is 4.11. The van der Waals surface area contributed by atoms with E-state index in [9.17, 15) is 9.59 Å². The number of carbonyl (C=O) groups excluding carboxylic acids is 1. The Morgan fingerprint density at radius 1 is 1.07 bits per heavy atom. The molecule has 7 nitrogen and oxygen atoms in total. The van der Waals surface area contributed by atoms with Crippen LogP contribution in [0.2, 0.25) is 0 Å². The number of ether oxygens (including phenoxy) is 3. The minimum Gasteiger partial charge on any atom is -0.493 e. The Labute approximate surface area is 155 Å². The summed E-state index contributed by atoms with van der Waals surface area (Å²) >= 11 is 0. The molecule has 1 N–H and O–H groups in total. The average molecular weight is 368 g/mol. The molecule has 0 bridgehead atoms. The monoisotopic (exact) mass is 368 g/mol. The van der Waals surface area contributed by atoms with Crippen LogP contribution in [0.5, 0.6) is 11.5 Å². The molecule has 3 aromatic rings. The van der Waals surface area contributed by atoms with Crippen LogP contribution >= 0.6 is 0 Å². The maximum Gasteiger partial charge on any atom is 0.306 e. The zero-order valence-corrected chi connectivity index (χ0v) is 15.2. The Morgan fingerprint density at radius 2 is 1.89 bits per heavy atom. The third kappa shape index (κ3) is 4.25. The molecule has 0 atom stereocenters. The zero-order chi connectivity index (χ0) is 19.2. The number of para-hydroxylation sites is 2. The summed E-state index contributed by atoms with van der Waals surface area (Å²) < 4.78 is 15.8. The number of hydrogen-bond donors (Lipinski definition) is 1. The first-order valence-electron chi connectivity index (χ1n) is 8.46. The number of methoxy groups -OCH3 is 2. The van der Waals surface area contributed by atoms with Crippen LogP contribution in [0, 0.1) is 0 Å². The summed E-state index contributed by atoms with van der Waals surface area (Å²) in [5.41, 5.74) is 1.16. The van der Waals surface area contributed by atoms with Crippen molar-refractivity contribution in [3.05, 3.63) is 64.2 Å². The molecule has 3 rings (SSSR count). The van der Waals surface area contributed by atoms with E-state index in [0.717, 1.165) is 5.56 Å². The van der Waals surface area contributed by atoms with E-state index in [1.165, 1.54) is 0 Å². The molecule has 27 heavy (non-hydrogen) atoms. The van der Waals surface area contributed by atoms with E-state index in [1.54, 1.807) is 44.6 Å². The first kappa shape index (κ1) is 18.4. The molecular formula is C20H20N2O5. The smallest absolute Gasteiger partial charge is 0.306 e. The molecule has 0 aliphatic rings. The fourth-order valence-electron chi connectivity index (χ4n) is 2.81. The number of rotatable bonds is 7. The molecule has 0 saturated heterocycles. The SMILES string of the molecule is COc1cccc(CCC(=O)OCc2nc3ccccc3c(=O)[nH]2)c1OC. The number of H-pyrrole nitrogens is 1. The maximum absolute atomic E-state index is 12.1. The Bertz CT molecular complexity index is 1010. The molecule has 1 heterocycles. The van der Waals surface area contributed by atoms with Crippen molar-refractivity contribution in [3.63, 3.8) is 0 Å². The zero-order valence-electron chi connectivity index (χ0n) is 15.2. The lowest BCUT2D eigenvalue weighted by Crippen LogP contribution is -2.14. The molecule has 0 unspecified atom stereocenters. The number of carbonyl (C=O) groups is 1. The van der Waals surface area contributed by atoms with Crippen molar-refractivity contribution in [1.29, 1.82) is 0 Å². The second-order valence-electron chi connectivity index (χ2n) is 5.84. The van der Waals surface area contributed by atoms with Gasteiger partial charge in [-0.05, 0) is 30.2 Å². The van der Waals surface area contributed by atoms with E-state index in [4.69, 9.17) is 14.2 Å². The molecule has 0 aliphatic heterocycles. The van der Waals surface area contributed by atoms with Gasteiger partial charge in [-0.1, -0.05) is 24.3 Å². The quantitative estimate of drug-likeness (QED) is 0.645. The Balaban J connectivity index is 1.62. The first-order valence-corrected chi connectivity index (χ1v) is 8.46. The van der Waals surface area contributed by atoms with Crippen LogP contribution < -0.4 is 15.0 Å². The molecule has 1 aromatic heterocycles. The largest absolute Gasteiger partial charge is 0.493 e. The van der Waals surface area contributed by atoms with Gasteiger partial charge in [-0.15, -0.1) is 0 Å². The molecule has 0 aliphatic carbocycles. The van der Waals surface area contributed by atoms with Crippen LogP contribution in [0.15, 0.2) is 47.3 Å². The van der Waals surface area contributed by atoms with Crippen LogP contribution in [0.3, 0.4) is 0 Å². The second kappa shape index (κ2) is 8.35. The van der Waals surface area contributed by atoms with E-state index < -0.39 is 5.97 Å². The summed E-state index contributed by atoms with van der Waals surface area (Å²) in [7, 11) is 3.12. The summed E-state index contributed by atoms with van der Waals surface area (Å²) in [5.74, 6) is 1.14. The number of nitrogens with zero attached hydrogens (tertiary/aromatic N) is 1. The van der Waals surface area contributed by atoms with Crippen molar-refractivity contribution in [2.75, 3.05) is 14.2 Å². The van der Waals surface area contributed by atoms with Gasteiger partial charge < -0.3 is 19.2 Å². The van der Waals surface area contributed by atoms with Gasteiger partial charge in [-0.25, -0.2) is 4.98 Å². The van der Waals surface area contributed by atoms with Crippen LogP contribution in [0.25, 0.3) is 10.9 Å². The Kier molecular flexibility index (Phi) is 5.71. The minimum absolute atomic E-state index is 0.0891. The summed E-state index contributed by atoms with van der Waals surface area (Å²) in [4.78, 5) is 31.0. The molecule has 0 radical (unpaired) electrons. The summed E-state index contributed by atoms with van der Waals surface area (Å²) in [6.07, 6.45) is 0.613. The highest BCUT2D eigenvalue weighted by molar-refractivity contribution is 5.77. The number of fused-ring (bicyclic) bond motifs is 1. The van der Waals surface area contributed by atoms with Gasteiger partial charge in [0.2, 0.25) is 0 Å². The summed E-state index contributed by atoms with van der Waals surface area (Å²) in [6, 6.07) is 12.5. The Morgan fingerprint density at radius 3 is 2.67 bits per heavy atom. The second-order valence-corrected chi connectivity index (χ2v) is 5.84. The lowest BCUT2D eigenvalue weighted by molar-refractivity contribution is -0.145. The van der Waals surface area contributed by atoms with Crippen molar-refractivity contribution >= 4 is 16.9 Å². The van der Waals surface area contributed by atoms with Crippen LogP contribution in [-0.2, 0) is 22.6 Å². The number of aromatic amines is 1. The first-order chi connectivity index (χ1) is 13.1. The molecule has 0 fully saturated rings. The average Bonchev–Trinajstić information content (AvgIpc) is 2.70. The van der Waals surface area contributed by atoms with Gasteiger partial charge in [-0.3, -0.25) is 9.59 Å². The fourth-order valence-corrected chi connectivity index (χ4v) is 2.81. The van der Waals surface area contributed by atoms with E-state index in [0.29, 0.717) is 34.6 Å². The third-order valence-electron chi connectivity index (χ3n) is 4.11. The van der Waals surface area contributed by atoms with E-state index in [1.807, 2.05) is 12.1 Å². The van der Waals surface area contributed by atoms with Crippen molar-refractivity contribution in [2.24, 2.45) is 0 Å². The number of esters is 1. The summed E-state index contributed by atoms with van der Waals surface area (Å²) in [5, 5.41) is 0.498. The predicted molar refractivity (Wildman–Crippen MR) is 100 cm³/mol. The van der Waals surface area contributed by atoms with E-state index >= 15 is 0 Å². The highest BCUT2D eigenvalue weighted by atomic mass is 16.5. The van der Waals surface area contributed by atoms with Gasteiger partial charge >= 0.3 is 5.97 Å². The number of hydrogen-bond acceptors (Lipinski definition) is 6. The van der Waals surface area contributed by atoms with Crippen LogP contribution in [0.1, 0.15) is 17.8 Å². The van der Waals surface area contributed by atoms with Gasteiger partial charge in [-0.2, -0.15) is 0 Å². The topological polar surface area (TPSA) is 90.5 Å². The minimum atomic E-state index is -0.393. The van der Waals surface area contributed by atoms with Gasteiger partial charge in [0.25, 0.3) is 5.56 Å². The molecule has 2 aromatic carbocycles. The van der Waals surface area contributed by atoms with Gasteiger partial charge in [0.1, 0.15) is 12.4 Å². The summed E-state index contributed by atoms with van der Waals surface area (Å²) in [6.45, 7) is -0.0891. The molecule has 140 valence electrons. The highest BCUT2D eigenvalue weighted by Crippen LogP contribution is 2.31. The maximum atomic E-state index is 12.1. The number of aromatic nitrogens is 2. The van der Waals surface area contributed by atoms with E-state index in [-0.39, 0.29) is 18.6 Å². The standard InChI is InChI=1S/C20H20N2O5/c1-25-16-9-5-6-13(19(16)26-2)10-11-18(23)27-12-17-21-15-8-4-3-7-14(15)20(24)22-17/h3-9H,10-12H2,1-2H3,(H,21,22,24). The lowest BCUT2D eigenvalue weighted by Gasteiger charge is -2.12. The Hall–Kier alpha value is -3.35. The number of benzene rings is 2. The van der Waals surface area contributed by atoms with Crippen LogP contribution in [0.4, 0.5) is 0 Å². The molecule has 0 saturated carbocycles. The van der Waals surface area contributed by atoms with Gasteiger partial charge in [0, 0.05) is 6.42 Å². The molecule has 0 amide bonds. The van der Waals surface area contributed by atoms with Gasteiger partial charge in [0.15, 0.2) is 11.5 Å². The van der Waals surface area contributed by atoms with Gasteiger partial charge in [0.05, 0.1) is 25.1 Å². The van der Waals surface area contributed by atoms with Crippen LogP contribution in [-0.4, -0.2) is 30.2 Å². The van der Waals surface area contributed by atoms with Crippen molar-refractivity contribution in [2.45, 2.75) is 19.4 Å². The van der Waals surface area contributed by atoms with Crippen molar-refractivity contribution in [3.8, 4) is 11.5 Å². The molecule has 7 heteroatoms. The van der Waals surface area contributed by atoms with E-state index in [2.05, 4.69) is 9.97 Å². The predicted octanol–water partition coefficient (Wildman–Crippen LogP) is 2.62. The number of nitrogens with one attached hydrogen (secondary N) is 1. The molecular weight excluding hydrogens is 348 g/mol. The number of aryl methyl sites for hydroxylation is 1. The normalized spacial score (nSPS) is 10.6. The molecule has 0 spiro atoms. The highest BCUT2D eigenvalue weighted by Gasteiger charge is 2.12. The fraction of sp³-hybridized carbons (Fsp3) is 0.250. The van der Waals surface area contributed by atoms with Crippen molar-refractivity contribution in [1.82, 2.24) is 9.97 Å². The van der Waals surface area contributed by atoms with Crippen molar-refractivity contribution < 1.29 is 19.0 Å².